The van der Waals surface area contributed by atoms with Crippen molar-refractivity contribution in [3.8, 4) is 11.4 Å². The largest absolute Gasteiger partial charge is 0.354 e. The lowest BCUT2D eigenvalue weighted by molar-refractivity contribution is 0.373. The Hall–Kier alpha value is -1.000. The van der Waals surface area contributed by atoms with Crippen LogP contribution in [-0.4, -0.2) is 40.2 Å². The Labute approximate surface area is 192 Å². The molecule has 3 rings (SSSR count). The van der Waals surface area contributed by atoms with Gasteiger partial charge in [-0.3, -0.25) is 4.99 Å². The summed E-state index contributed by atoms with van der Waals surface area (Å²) in [6.45, 7) is 2.65. The van der Waals surface area contributed by atoms with Crippen molar-refractivity contribution in [1.82, 2.24) is 20.8 Å². The number of aliphatic imine (C=N–C) groups is 1. The van der Waals surface area contributed by atoms with Gasteiger partial charge in [0.05, 0.1) is 6.54 Å². The first-order valence-electron chi connectivity index (χ1n) is 9.35. The average Bonchev–Trinajstić information content (AvgIpc) is 3.15. The molecule has 0 saturated heterocycles. The molecule has 1 aromatic heterocycles. The van der Waals surface area contributed by atoms with Gasteiger partial charge in [0.25, 0.3) is 0 Å². The average molecular weight is 536 g/mol. The number of nitrogens with zero attached hydrogens (tertiary/aromatic N) is 3. The van der Waals surface area contributed by atoms with Crippen molar-refractivity contribution in [3.05, 3.63) is 35.2 Å². The van der Waals surface area contributed by atoms with Gasteiger partial charge in [-0.05, 0) is 37.1 Å². The van der Waals surface area contributed by atoms with Crippen LogP contribution in [0.25, 0.3) is 11.4 Å². The number of thioether (sulfide) groups is 1. The van der Waals surface area contributed by atoms with Crippen LogP contribution in [0.15, 0.2) is 33.8 Å². The van der Waals surface area contributed by atoms with E-state index in [0.29, 0.717) is 29.3 Å². The van der Waals surface area contributed by atoms with Gasteiger partial charge in [0.15, 0.2) is 5.96 Å². The van der Waals surface area contributed by atoms with E-state index in [4.69, 9.17) is 16.1 Å². The Bertz CT molecular complexity index is 770. The third-order valence-electron chi connectivity index (χ3n) is 4.55. The van der Waals surface area contributed by atoms with Crippen LogP contribution in [0, 0.1) is 0 Å². The van der Waals surface area contributed by atoms with Crippen LogP contribution in [0.5, 0.6) is 0 Å². The molecule has 0 radical (unpaired) electrons. The molecular formula is C19H27ClIN5OS. The van der Waals surface area contributed by atoms with E-state index in [-0.39, 0.29) is 24.0 Å². The first kappa shape index (κ1) is 23.3. The zero-order valence-electron chi connectivity index (χ0n) is 16.2. The van der Waals surface area contributed by atoms with E-state index in [9.17, 15) is 0 Å². The third-order valence-corrected chi connectivity index (χ3v) is 6.02. The van der Waals surface area contributed by atoms with Gasteiger partial charge in [-0.15, -0.1) is 24.0 Å². The van der Waals surface area contributed by atoms with Gasteiger partial charge in [0, 0.05) is 28.9 Å². The summed E-state index contributed by atoms with van der Waals surface area (Å²) in [7, 11) is 1.78. The van der Waals surface area contributed by atoms with Gasteiger partial charge >= 0.3 is 0 Å². The summed E-state index contributed by atoms with van der Waals surface area (Å²) < 4.78 is 5.34. The fourth-order valence-electron chi connectivity index (χ4n) is 3.28. The number of hydrogen-bond donors (Lipinski definition) is 2. The van der Waals surface area contributed by atoms with Crippen molar-refractivity contribution >= 4 is 53.3 Å². The highest BCUT2D eigenvalue weighted by Gasteiger charge is 2.22. The van der Waals surface area contributed by atoms with Crippen LogP contribution >= 0.6 is 47.3 Å². The zero-order chi connectivity index (χ0) is 19.1. The molecule has 0 spiro atoms. The lowest BCUT2D eigenvalue weighted by Crippen LogP contribution is -2.45. The number of benzene rings is 1. The van der Waals surface area contributed by atoms with Crippen LogP contribution in [0.3, 0.4) is 0 Å². The summed E-state index contributed by atoms with van der Waals surface area (Å²) in [6.07, 6.45) is 4.94. The molecule has 2 atom stereocenters. The lowest BCUT2D eigenvalue weighted by atomic mass is 9.95. The van der Waals surface area contributed by atoms with E-state index in [1.54, 1.807) is 7.05 Å². The fourth-order valence-corrected chi connectivity index (χ4v) is 4.65. The normalized spacial score (nSPS) is 19.8. The SMILES string of the molecule is CCSC1CCCC(NC(=NC)NCc2nc(-c3cccc(Cl)c3)no2)C1.I. The standard InChI is InChI=1S/C19H26ClN5OS.HI/c1-3-27-16-9-5-8-15(11-16)23-19(21-2)22-12-17-24-18(25-26-17)13-6-4-7-14(20)10-13;/h4,6-7,10,15-16H,3,5,8-9,11-12H2,1-2H3,(H2,21,22,23);1H. The Kier molecular flexibility index (Phi) is 9.87. The van der Waals surface area contributed by atoms with Gasteiger partial charge in [0.1, 0.15) is 0 Å². The molecule has 154 valence electrons. The summed E-state index contributed by atoms with van der Waals surface area (Å²) in [4.78, 5) is 8.75. The number of nitrogens with one attached hydrogen (secondary N) is 2. The predicted octanol–water partition coefficient (Wildman–Crippen LogP) is 4.74. The van der Waals surface area contributed by atoms with Crippen molar-refractivity contribution in [2.24, 2.45) is 4.99 Å². The van der Waals surface area contributed by atoms with Crippen molar-refractivity contribution in [2.75, 3.05) is 12.8 Å². The van der Waals surface area contributed by atoms with Crippen LogP contribution in [0.4, 0.5) is 0 Å². The van der Waals surface area contributed by atoms with E-state index in [2.05, 4.69) is 44.5 Å². The first-order chi connectivity index (χ1) is 13.2. The maximum atomic E-state index is 6.02. The summed E-state index contributed by atoms with van der Waals surface area (Å²) in [5, 5.41) is 12.2. The van der Waals surface area contributed by atoms with Crippen LogP contribution < -0.4 is 10.6 Å². The minimum atomic E-state index is 0. The van der Waals surface area contributed by atoms with Crippen molar-refractivity contribution in [3.63, 3.8) is 0 Å². The number of halogens is 2. The van der Waals surface area contributed by atoms with Crippen LogP contribution in [0.1, 0.15) is 38.5 Å². The van der Waals surface area contributed by atoms with Gasteiger partial charge in [-0.25, -0.2) is 0 Å². The van der Waals surface area contributed by atoms with Gasteiger partial charge in [-0.2, -0.15) is 16.7 Å². The number of guanidine groups is 1. The lowest BCUT2D eigenvalue weighted by Gasteiger charge is -2.30. The topological polar surface area (TPSA) is 75.3 Å². The molecule has 0 aliphatic heterocycles. The molecule has 1 aliphatic carbocycles. The maximum absolute atomic E-state index is 6.02. The highest BCUT2D eigenvalue weighted by atomic mass is 127. The Morgan fingerprint density at radius 2 is 2.25 bits per heavy atom. The van der Waals surface area contributed by atoms with E-state index in [0.717, 1.165) is 16.8 Å². The quantitative estimate of drug-likeness (QED) is 0.316. The minimum Gasteiger partial charge on any atom is -0.354 e. The Morgan fingerprint density at radius 3 is 3.00 bits per heavy atom. The molecule has 6 nitrogen and oxygen atoms in total. The zero-order valence-corrected chi connectivity index (χ0v) is 20.1. The summed E-state index contributed by atoms with van der Waals surface area (Å²) in [6, 6.07) is 7.86. The van der Waals surface area contributed by atoms with Crippen molar-refractivity contribution in [2.45, 2.75) is 50.4 Å². The molecule has 9 heteroatoms. The molecule has 1 saturated carbocycles. The van der Waals surface area contributed by atoms with Gasteiger partial charge in [-0.1, -0.05) is 42.2 Å². The molecule has 2 N–H and O–H groups in total. The number of rotatable bonds is 6. The molecule has 2 aromatic rings. The molecule has 0 amide bonds. The van der Waals surface area contributed by atoms with E-state index in [1.165, 1.54) is 31.4 Å². The summed E-state index contributed by atoms with van der Waals surface area (Å²) in [5.41, 5.74) is 0.835. The second kappa shape index (κ2) is 11.9. The Morgan fingerprint density at radius 1 is 1.39 bits per heavy atom. The second-order valence-corrected chi connectivity index (χ2v) is 8.55. The molecule has 1 aromatic carbocycles. The van der Waals surface area contributed by atoms with Crippen molar-refractivity contribution in [1.29, 1.82) is 0 Å². The summed E-state index contributed by atoms with van der Waals surface area (Å²) >= 11 is 8.08. The third kappa shape index (κ3) is 6.81. The van der Waals surface area contributed by atoms with E-state index < -0.39 is 0 Å². The smallest absolute Gasteiger partial charge is 0.246 e. The number of aromatic nitrogens is 2. The van der Waals surface area contributed by atoms with Gasteiger partial charge in [0.2, 0.25) is 11.7 Å². The van der Waals surface area contributed by atoms with Crippen LogP contribution in [-0.2, 0) is 6.54 Å². The van der Waals surface area contributed by atoms with E-state index in [1.807, 2.05) is 24.3 Å². The second-order valence-electron chi connectivity index (χ2n) is 6.53. The molecule has 1 heterocycles. The van der Waals surface area contributed by atoms with Crippen molar-refractivity contribution < 1.29 is 4.52 Å². The van der Waals surface area contributed by atoms with Crippen LogP contribution in [0.2, 0.25) is 5.02 Å². The fraction of sp³-hybridized carbons (Fsp3) is 0.526. The molecule has 1 aliphatic rings. The highest BCUT2D eigenvalue weighted by Crippen LogP contribution is 2.28. The first-order valence-corrected chi connectivity index (χ1v) is 10.8. The van der Waals surface area contributed by atoms with E-state index >= 15 is 0 Å². The minimum absolute atomic E-state index is 0. The summed E-state index contributed by atoms with van der Waals surface area (Å²) in [5.74, 6) is 2.99. The highest BCUT2D eigenvalue weighted by molar-refractivity contribution is 14.0. The Balaban J connectivity index is 0.00000280. The molecule has 1 fully saturated rings. The molecule has 2 unspecified atom stereocenters. The molecule has 28 heavy (non-hydrogen) atoms. The molecule has 0 bridgehead atoms. The van der Waals surface area contributed by atoms with Gasteiger partial charge < -0.3 is 15.2 Å². The monoisotopic (exact) mass is 535 g/mol. The molecular weight excluding hydrogens is 509 g/mol. The maximum Gasteiger partial charge on any atom is 0.246 e. The number of hydrogen-bond acceptors (Lipinski definition) is 5. The predicted molar refractivity (Wildman–Crippen MR) is 128 cm³/mol.